The van der Waals surface area contributed by atoms with E-state index in [0.29, 0.717) is 25.2 Å². The van der Waals surface area contributed by atoms with Gasteiger partial charge in [0.2, 0.25) is 0 Å². The molecule has 0 radical (unpaired) electrons. The average Bonchev–Trinajstić information content (AvgIpc) is 2.85. The van der Waals surface area contributed by atoms with Crippen molar-refractivity contribution in [1.29, 1.82) is 0 Å². The van der Waals surface area contributed by atoms with Gasteiger partial charge in [0.05, 0.1) is 12.5 Å². The van der Waals surface area contributed by atoms with Gasteiger partial charge < -0.3 is 19.5 Å². The van der Waals surface area contributed by atoms with Crippen LogP contribution in [-0.4, -0.2) is 31.8 Å². The number of benzene rings is 2. The summed E-state index contributed by atoms with van der Waals surface area (Å²) in [6, 6.07) is 16.7. The van der Waals surface area contributed by atoms with E-state index in [1.165, 1.54) is 5.56 Å². The topological polar surface area (TPSA) is 56.8 Å². The number of piperidine rings is 1. The van der Waals surface area contributed by atoms with Crippen molar-refractivity contribution in [2.75, 3.05) is 19.7 Å². The summed E-state index contributed by atoms with van der Waals surface area (Å²) in [5.41, 5.74) is 2.46. The number of carbonyl (C=O) groups is 1. The second-order valence-electron chi connectivity index (χ2n) is 8.87. The third kappa shape index (κ3) is 6.26. The second-order valence-corrected chi connectivity index (χ2v) is 8.87. The molecule has 5 heteroatoms. The second kappa shape index (κ2) is 11.4. The molecular weight excluding hydrogens is 402 g/mol. The molecule has 2 aliphatic rings. The molecule has 1 N–H and O–H groups in total. The monoisotopic (exact) mass is 437 g/mol. The summed E-state index contributed by atoms with van der Waals surface area (Å²) in [5, 5.41) is 3.36. The first kappa shape index (κ1) is 22.7. The van der Waals surface area contributed by atoms with Crippen LogP contribution in [0.5, 0.6) is 11.5 Å². The van der Waals surface area contributed by atoms with Crippen LogP contribution >= 0.6 is 0 Å². The van der Waals surface area contributed by atoms with E-state index < -0.39 is 0 Å². The van der Waals surface area contributed by atoms with Crippen LogP contribution in [-0.2, 0) is 16.1 Å². The fourth-order valence-electron chi connectivity index (χ4n) is 4.70. The number of hydrogen-bond acceptors (Lipinski definition) is 5. The molecule has 172 valence electrons. The van der Waals surface area contributed by atoms with Crippen LogP contribution in [0.2, 0.25) is 0 Å². The molecule has 2 fully saturated rings. The fourth-order valence-corrected chi connectivity index (χ4v) is 4.70. The number of nitrogens with one attached hydrogen (secondary N) is 1. The largest absolute Gasteiger partial charge is 0.490 e. The molecule has 5 nitrogen and oxygen atoms in total. The van der Waals surface area contributed by atoms with Crippen LogP contribution in [0.4, 0.5) is 0 Å². The SMILES string of the molecule is CCOC(=O)C1CCC(c2ccc(OCc3ccc(OC4CCNCC4)cc3)cc2)CC1. The lowest BCUT2D eigenvalue weighted by molar-refractivity contribution is -0.149. The normalized spacial score (nSPS) is 21.7. The van der Waals surface area contributed by atoms with Crippen LogP contribution in [0, 0.1) is 5.92 Å². The smallest absolute Gasteiger partial charge is 0.308 e. The standard InChI is InChI=1S/C27H35NO4/c1-2-30-27(29)23-7-5-21(6-8-23)22-9-13-24(14-10-22)31-19-20-3-11-25(12-4-20)32-26-15-17-28-18-16-26/h3-4,9-14,21,23,26,28H,2,5-8,15-19H2,1H3. The predicted octanol–water partition coefficient (Wildman–Crippen LogP) is 5.23. The maximum Gasteiger partial charge on any atom is 0.308 e. The summed E-state index contributed by atoms with van der Waals surface area (Å²) in [6.45, 7) is 4.94. The summed E-state index contributed by atoms with van der Waals surface area (Å²) in [6.07, 6.45) is 6.35. The zero-order valence-electron chi connectivity index (χ0n) is 19.1. The Morgan fingerprint density at radius 1 is 0.875 bits per heavy atom. The van der Waals surface area contributed by atoms with Crippen molar-refractivity contribution in [3.8, 4) is 11.5 Å². The van der Waals surface area contributed by atoms with Gasteiger partial charge in [0.25, 0.3) is 0 Å². The van der Waals surface area contributed by atoms with E-state index in [-0.39, 0.29) is 11.9 Å². The minimum atomic E-state index is -0.0272. The highest BCUT2D eigenvalue weighted by Crippen LogP contribution is 2.36. The fraction of sp³-hybridized carbons (Fsp3) is 0.519. The summed E-state index contributed by atoms with van der Waals surface area (Å²) in [7, 11) is 0. The Hall–Kier alpha value is -2.53. The van der Waals surface area contributed by atoms with Gasteiger partial charge in [-0.05, 0) is 99.8 Å². The van der Waals surface area contributed by atoms with E-state index in [1.807, 2.05) is 19.1 Å². The highest BCUT2D eigenvalue weighted by Gasteiger charge is 2.27. The molecule has 32 heavy (non-hydrogen) atoms. The number of carbonyl (C=O) groups excluding carboxylic acids is 1. The van der Waals surface area contributed by atoms with Crippen LogP contribution in [0.1, 0.15) is 62.5 Å². The Labute approximate surface area is 191 Å². The lowest BCUT2D eigenvalue weighted by Gasteiger charge is -2.27. The van der Waals surface area contributed by atoms with Crippen LogP contribution in [0.15, 0.2) is 48.5 Å². The third-order valence-corrected chi connectivity index (χ3v) is 6.62. The van der Waals surface area contributed by atoms with Gasteiger partial charge in [-0.25, -0.2) is 0 Å². The quantitative estimate of drug-likeness (QED) is 0.573. The molecule has 1 aliphatic carbocycles. The third-order valence-electron chi connectivity index (χ3n) is 6.62. The molecule has 2 aromatic rings. The molecule has 1 saturated heterocycles. The van der Waals surface area contributed by atoms with Gasteiger partial charge in [-0.2, -0.15) is 0 Å². The van der Waals surface area contributed by atoms with E-state index in [4.69, 9.17) is 14.2 Å². The zero-order valence-corrected chi connectivity index (χ0v) is 19.1. The zero-order chi connectivity index (χ0) is 22.2. The van der Waals surface area contributed by atoms with Gasteiger partial charge in [0.15, 0.2) is 0 Å². The maximum atomic E-state index is 11.9. The molecule has 0 amide bonds. The lowest BCUT2D eigenvalue weighted by atomic mass is 9.79. The molecule has 0 bridgehead atoms. The summed E-state index contributed by atoms with van der Waals surface area (Å²) < 4.78 is 17.2. The maximum absolute atomic E-state index is 11.9. The Morgan fingerprint density at radius 2 is 1.53 bits per heavy atom. The number of rotatable bonds is 8. The number of ether oxygens (including phenoxy) is 3. The van der Waals surface area contributed by atoms with Gasteiger partial charge in [0, 0.05) is 0 Å². The Morgan fingerprint density at radius 3 is 2.19 bits per heavy atom. The highest BCUT2D eigenvalue weighted by molar-refractivity contribution is 5.72. The summed E-state index contributed by atoms with van der Waals surface area (Å²) >= 11 is 0. The van der Waals surface area contributed by atoms with Gasteiger partial charge in [0.1, 0.15) is 24.2 Å². The Bertz CT molecular complexity index is 835. The van der Waals surface area contributed by atoms with Crippen molar-refractivity contribution < 1.29 is 19.0 Å². The van der Waals surface area contributed by atoms with Crippen LogP contribution in [0.25, 0.3) is 0 Å². The minimum Gasteiger partial charge on any atom is -0.490 e. The predicted molar refractivity (Wildman–Crippen MR) is 125 cm³/mol. The first-order valence-electron chi connectivity index (χ1n) is 12.1. The molecule has 0 atom stereocenters. The van der Waals surface area contributed by atoms with E-state index in [2.05, 4.69) is 41.7 Å². The van der Waals surface area contributed by atoms with Crippen LogP contribution < -0.4 is 14.8 Å². The van der Waals surface area contributed by atoms with Crippen molar-refractivity contribution >= 4 is 5.97 Å². The molecule has 0 spiro atoms. The molecule has 1 saturated carbocycles. The molecule has 0 aromatic heterocycles. The number of esters is 1. The Balaban J connectivity index is 1.22. The average molecular weight is 438 g/mol. The molecular formula is C27H35NO4. The molecule has 4 rings (SSSR count). The van der Waals surface area contributed by atoms with Crippen molar-refractivity contribution in [2.24, 2.45) is 5.92 Å². The molecule has 1 aliphatic heterocycles. The number of hydrogen-bond donors (Lipinski definition) is 1. The first-order valence-corrected chi connectivity index (χ1v) is 12.1. The van der Waals surface area contributed by atoms with Gasteiger partial charge in [-0.3, -0.25) is 4.79 Å². The van der Waals surface area contributed by atoms with E-state index >= 15 is 0 Å². The van der Waals surface area contributed by atoms with Gasteiger partial charge in [-0.15, -0.1) is 0 Å². The van der Waals surface area contributed by atoms with E-state index in [1.54, 1.807) is 0 Å². The highest BCUT2D eigenvalue weighted by atomic mass is 16.5. The first-order chi connectivity index (χ1) is 15.7. The van der Waals surface area contributed by atoms with E-state index in [0.717, 1.165) is 68.7 Å². The van der Waals surface area contributed by atoms with E-state index in [9.17, 15) is 4.79 Å². The molecule has 0 unspecified atom stereocenters. The van der Waals surface area contributed by atoms with Gasteiger partial charge in [-0.1, -0.05) is 24.3 Å². The molecule has 1 heterocycles. The summed E-state index contributed by atoms with van der Waals surface area (Å²) in [4.78, 5) is 11.9. The Kier molecular flexibility index (Phi) is 8.05. The lowest BCUT2D eigenvalue weighted by Crippen LogP contribution is -2.34. The van der Waals surface area contributed by atoms with Gasteiger partial charge >= 0.3 is 5.97 Å². The van der Waals surface area contributed by atoms with Crippen molar-refractivity contribution in [1.82, 2.24) is 5.32 Å². The molecule has 2 aromatic carbocycles. The van der Waals surface area contributed by atoms with Crippen LogP contribution in [0.3, 0.4) is 0 Å². The summed E-state index contributed by atoms with van der Waals surface area (Å²) in [5.74, 6) is 2.37. The van der Waals surface area contributed by atoms with Crippen molar-refractivity contribution in [3.63, 3.8) is 0 Å². The van der Waals surface area contributed by atoms with Crippen molar-refractivity contribution in [2.45, 2.75) is 64.1 Å². The van der Waals surface area contributed by atoms with Crippen molar-refractivity contribution in [3.05, 3.63) is 59.7 Å². The minimum absolute atomic E-state index is 0.0272.